The number of hydrogen-bond acceptors (Lipinski definition) is 3. The smallest absolute Gasteiger partial charge is 0.243 e. The summed E-state index contributed by atoms with van der Waals surface area (Å²) in [5.41, 5.74) is -0.210. The Balaban J connectivity index is 2.33. The van der Waals surface area contributed by atoms with Gasteiger partial charge in [-0.05, 0) is 50.8 Å². The summed E-state index contributed by atoms with van der Waals surface area (Å²) < 4.78 is 26.9. The van der Waals surface area contributed by atoms with Crippen LogP contribution in [0, 0.1) is 6.92 Å². The molecule has 0 aromatic heterocycles. The molecule has 112 valence electrons. The zero-order valence-corrected chi connectivity index (χ0v) is 13.3. The summed E-state index contributed by atoms with van der Waals surface area (Å²) in [4.78, 5) is 0.256. The lowest BCUT2D eigenvalue weighted by atomic mass is 9.98. The van der Waals surface area contributed by atoms with Crippen molar-refractivity contribution in [3.63, 3.8) is 0 Å². The molecule has 1 aromatic rings. The van der Waals surface area contributed by atoms with E-state index in [1.54, 1.807) is 32.0 Å². The summed E-state index contributed by atoms with van der Waals surface area (Å²) in [6, 6.07) is 4.92. The lowest BCUT2D eigenvalue weighted by Gasteiger charge is -2.23. The molecule has 0 amide bonds. The standard InChI is InChI=1S/C14H20ClNO3S/c1-11-12(15)5-3-6-13(11)20(18,19)16-9-4-7-14(2,17)8-10-16/h3,5-6,17H,4,7-10H2,1-2H3. The second kappa shape index (κ2) is 5.64. The molecule has 0 bridgehead atoms. The fourth-order valence-electron chi connectivity index (χ4n) is 2.49. The van der Waals surface area contributed by atoms with E-state index in [1.807, 2.05) is 0 Å². The Hall–Kier alpha value is -0.620. The van der Waals surface area contributed by atoms with Crippen LogP contribution in [-0.4, -0.2) is 36.5 Å². The second-order valence-electron chi connectivity index (χ2n) is 5.62. The third-order valence-electron chi connectivity index (χ3n) is 3.86. The van der Waals surface area contributed by atoms with Crippen molar-refractivity contribution in [1.82, 2.24) is 4.31 Å². The first-order valence-corrected chi connectivity index (χ1v) is 8.53. The highest BCUT2D eigenvalue weighted by Crippen LogP contribution is 2.29. The molecule has 1 N–H and O–H groups in total. The van der Waals surface area contributed by atoms with E-state index in [0.717, 1.165) is 0 Å². The third kappa shape index (κ3) is 3.17. The molecule has 1 saturated heterocycles. The summed E-state index contributed by atoms with van der Waals surface area (Å²) >= 11 is 6.01. The van der Waals surface area contributed by atoms with Crippen molar-refractivity contribution in [2.24, 2.45) is 0 Å². The number of rotatable bonds is 2. The zero-order chi connectivity index (χ0) is 15.0. The van der Waals surface area contributed by atoms with E-state index < -0.39 is 15.6 Å². The van der Waals surface area contributed by atoms with Crippen LogP contribution in [0.25, 0.3) is 0 Å². The molecule has 1 atom stereocenters. The summed E-state index contributed by atoms with van der Waals surface area (Å²) in [5, 5.41) is 10.5. The van der Waals surface area contributed by atoms with Gasteiger partial charge in [0.1, 0.15) is 0 Å². The van der Waals surface area contributed by atoms with E-state index in [2.05, 4.69) is 0 Å². The summed E-state index contributed by atoms with van der Waals surface area (Å²) in [6.07, 6.45) is 1.73. The Bertz CT molecular complexity index is 598. The van der Waals surface area contributed by atoms with Gasteiger partial charge in [-0.3, -0.25) is 0 Å². The van der Waals surface area contributed by atoms with Gasteiger partial charge in [0.25, 0.3) is 0 Å². The van der Waals surface area contributed by atoms with E-state index in [4.69, 9.17) is 11.6 Å². The van der Waals surface area contributed by atoms with Gasteiger partial charge in [-0.25, -0.2) is 8.42 Å². The Kier molecular flexibility index (Phi) is 4.44. The molecule has 1 aliphatic rings. The molecule has 1 aliphatic heterocycles. The van der Waals surface area contributed by atoms with Gasteiger partial charge in [0.2, 0.25) is 10.0 Å². The fourth-order valence-corrected chi connectivity index (χ4v) is 4.44. The van der Waals surface area contributed by atoms with Crippen LogP contribution >= 0.6 is 11.6 Å². The van der Waals surface area contributed by atoms with Crippen LogP contribution in [0.15, 0.2) is 23.1 Å². The first-order valence-electron chi connectivity index (χ1n) is 6.72. The van der Waals surface area contributed by atoms with Gasteiger partial charge >= 0.3 is 0 Å². The Morgan fingerprint density at radius 1 is 1.30 bits per heavy atom. The van der Waals surface area contributed by atoms with E-state index >= 15 is 0 Å². The van der Waals surface area contributed by atoms with E-state index in [0.29, 0.717) is 42.9 Å². The average Bonchev–Trinajstić information content (AvgIpc) is 2.54. The lowest BCUT2D eigenvalue weighted by Crippen LogP contribution is -2.34. The first kappa shape index (κ1) is 15.8. The van der Waals surface area contributed by atoms with Gasteiger partial charge in [0.15, 0.2) is 0 Å². The monoisotopic (exact) mass is 317 g/mol. The Labute approximate surface area is 125 Å². The van der Waals surface area contributed by atoms with Crippen molar-refractivity contribution in [3.05, 3.63) is 28.8 Å². The molecular weight excluding hydrogens is 298 g/mol. The molecule has 0 radical (unpaired) electrons. The van der Waals surface area contributed by atoms with Crippen LogP contribution in [-0.2, 0) is 10.0 Å². The van der Waals surface area contributed by atoms with Crippen LogP contribution in [0.4, 0.5) is 0 Å². The van der Waals surface area contributed by atoms with Crippen molar-refractivity contribution >= 4 is 21.6 Å². The zero-order valence-electron chi connectivity index (χ0n) is 11.8. The molecular formula is C14H20ClNO3S. The number of nitrogens with zero attached hydrogens (tertiary/aromatic N) is 1. The maximum atomic E-state index is 12.7. The first-order chi connectivity index (χ1) is 9.24. The van der Waals surface area contributed by atoms with Gasteiger partial charge in [-0.15, -0.1) is 0 Å². The molecule has 1 unspecified atom stereocenters. The van der Waals surface area contributed by atoms with Gasteiger partial charge in [-0.1, -0.05) is 17.7 Å². The van der Waals surface area contributed by atoms with Gasteiger partial charge in [0.05, 0.1) is 10.5 Å². The summed E-state index contributed by atoms with van der Waals surface area (Å²) in [6.45, 7) is 4.24. The minimum absolute atomic E-state index is 0.256. The number of aliphatic hydroxyl groups is 1. The summed E-state index contributed by atoms with van der Waals surface area (Å²) in [5.74, 6) is 0. The van der Waals surface area contributed by atoms with Crippen LogP contribution in [0.2, 0.25) is 5.02 Å². The topological polar surface area (TPSA) is 57.6 Å². The molecule has 0 saturated carbocycles. The molecule has 1 heterocycles. The lowest BCUT2D eigenvalue weighted by molar-refractivity contribution is 0.0465. The van der Waals surface area contributed by atoms with E-state index in [-0.39, 0.29) is 4.90 Å². The Morgan fingerprint density at radius 2 is 2.00 bits per heavy atom. The molecule has 20 heavy (non-hydrogen) atoms. The van der Waals surface area contributed by atoms with E-state index in [9.17, 15) is 13.5 Å². The molecule has 1 fully saturated rings. The van der Waals surface area contributed by atoms with Crippen molar-refractivity contribution in [3.8, 4) is 0 Å². The van der Waals surface area contributed by atoms with Gasteiger partial charge in [0, 0.05) is 18.1 Å². The fraction of sp³-hybridized carbons (Fsp3) is 0.571. The highest BCUT2D eigenvalue weighted by molar-refractivity contribution is 7.89. The maximum Gasteiger partial charge on any atom is 0.243 e. The minimum atomic E-state index is -3.55. The SMILES string of the molecule is Cc1c(Cl)cccc1S(=O)(=O)N1CCCC(C)(O)CC1. The predicted octanol–water partition coefficient (Wildman–Crippen LogP) is 2.57. The number of benzene rings is 1. The molecule has 2 rings (SSSR count). The van der Waals surface area contributed by atoms with Crippen molar-refractivity contribution < 1.29 is 13.5 Å². The van der Waals surface area contributed by atoms with Gasteiger partial charge < -0.3 is 5.11 Å². The van der Waals surface area contributed by atoms with E-state index in [1.165, 1.54) is 4.31 Å². The Morgan fingerprint density at radius 3 is 2.70 bits per heavy atom. The molecule has 0 spiro atoms. The maximum absolute atomic E-state index is 12.7. The highest BCUT2D eigenvalue weighted by atomic mass is 35.5. The second-order valence-corrected chi connectivity index (χ2v) is 7.93. The molecule has 0 aliphatic carbocycles. The van der Waals surface area contributed by atoms with Crippen LogP contribution in [0.1, 0.15) is 31.7 Å². The normalized spacial score (nSPS) is 25.4. The van der Waals surface area contributed by atoms with Crippen LogP contribution < -0.4 is 0 Å². The van der Waals surface area contributed by atoms with Crippen molar-refractivity contribution in [2.45, 2.75) is 43.6 Å². The third-order valence-corrected chi connectivity index (χ3v) is 6.31. The van der Waals surface area contributed by atoms with Crippen molar-refractivity contribution in [2.75, 3.05) is 13.1 Å². The highest BCUT2D eigenvalue weighted by Gasteiger charge is 2.32. The minimum Gasteiger partial charge on any atom is -0.390 e. The van der Waals surface area contributed by atoms with Crippen molar-refractivity contribution in [1.29, 1.82) is 0 Å². The number of hydrogen-bond donors (Lipinski definition) is 1. The predicted molar refractivity (Wildman–Crippen MR) is 79.4 cm³/mol. The quantitative estimate of drug-likeness (QED) is 0.912. The largest absolute Gasteiger partial charge is 0.390 e. The van der Waals surface area contributed by atoms with Crippen LogP contribution in [0.3, 0.4) is 0 Å². The number of halogens is 1. The number of sulfonamides is 1. The summed E-state index contributed by atoms with van der Waals surface area (Å²) in [7, 11) is -3.55. The molecule has 6 heteroatoms. The average molecular weight is 318 g/mol. The molecule has 4 nitrogen and oxygen atoms in total. The van der Waals surface area contributed by atoms with Crippen LogP contribution in [0.5, 0.6) is 0 Å². The van der Waals surface area contributed by atoms with Gasteiger partial charge in [-0.2, -0.15) is 4.31 Å². The molecule has 1 aromatic carbocycles.